The van der Waals surface area contributed by atoms with E-state index < -0.39 is 23.8 Å². The molecule has 0 bridgehead atoms. The molecule has 0 amide bonds. The van der Waals surface area contributed by atoms with E-state index in [0.717, 1.165) is 38.5 Å². The molecular weight excluding hydrogens is 352 g/mol. The molecule has 0 heterocycles. The monoisotopic (exact) mass is 394 g/mol. The van der Waals surface area contributed by atoms with Gasteiger partial charge in [0.15, 0.2) is 0 Å². The van der Waals surface area contributed by atoms with Gasteiger partial charge in [0.2, 0.25) is 0 Å². The summed E-state index contributed by atoms with van der Waals surface area (Å²) in [5.74, 6) is -2.18. The molecule has 4 nitrogen and oxygen atoms in total. The SMILES string of the molecule is CCCCCCCCC=CC(C=CCCCCCCCC)(CC(=O)O)C(=O)O. The normalized spacial score (nSPS) is 13.9. The van der Waals surface area contributed by atoms with E-state index in [1.807, 2.05) is 12.2 Å². The first-order valence-corrected chi connectivity index (χ1v) is 11.3. The van der Waals surface area contributed by atoms with Crippen molar-refractivity contribution in [3.05, 3.63) is 24.3 Å². The second-order valence-electron chi connectivity index (χ2n) is 7.83. The molecule has 0 aliphatic rings. The van der Waals surface area contributed by atoms with Crippen LogP contribution in [0.25, 0.3) is 0 Å². The molecule has 0 aromatic carbocycles. The van der Waals surface area contributed by atoms with Crippen LogP contribution in [0.5, 0.6) is 0 Å². The second-order valence-corrected chi connectivity index (χ2v) is 7.83. The molecule has 2 N–H and O–H groups in total. The third-order valence-corrected chi connectivity index (χ3v) is 5.12. The molecular formula is C24H42O4. The smallest absolute Gasteiger partial charge is 0.318 e. The minimum Gasteiger partial charge on any atom is -0.481 e. The van der Waals surface area contributed by atoms with Gasteiger partial charge in [-0.15, -0.1) is 0 Å². The van der Waals surface area contributed by atoms with Gasteiger partial charge >= 0.3 is 11.9 Å². The van der Waals surface area contributed by atoms with Gasteiger partial charge in [-0.25, -0.2) is 0 Å². The van der Waals surface area contributed by atoms with Crippen LogP contribution in [0.2, 0.25) is 0 Å². The fraction of sp³-hybridized carbons (Fsp3) is 0.750. The molecule has 0 unspecified atom stereocenters. The molecule has 0 fully saturated rings. The van der Waals surface area contributed by atoms with Gasteiger partial charge < -0.3 is 10.2 Å². The van der Waals surface area contributed by atoms with Gasteiger partial charge in [0.25, 0.3) is 0 Å². The predicted octanol–water partition coefficient (Wildman–Crippen LogP) is 7.15. The number of rotatable bonds is 19. The summed E-state index contributed by atoms with van der Waals surface area (Å²) in [5, 5.41) is 18.9. The molecule has 0 aliphatic carbocycles. The van der Waals surface area contributed by atoms with Gasteiger partial charge in [0, 0.05) is 0 Å². The van der Waals surface area contributed by atoms with Crippen LogP contribution in [0.4, 0.5) is 0 Å². The number of aliphatic carboxylic acids is 2. The number of carboxylic acid groups (broad SMARTS) is 2. The van der Waals surface area contributed by atoms with E-state index in [2.05, 4.69) is 13.8 Å². The fourth-order valence-corrected chi connectivity index (χ4v) is 3.31. The standard InChI is InChI=1S/C24H42O4/c1-3-5-7-9-11-13-15-17-19-24(23(27)28,21-22(25)26)20-18-16-14-12-10-8-6-4-2/h17-20H,3-16,21H2,1-2H3,(H,25,26)(H,27,28). The van der Waals surface area contributed by atoms with Crippen LogP contribution in [0.1, 0.15) is 110 Å². The van der Waals surface area contributed by atoms with E-state index in [4.69, 9.17) is 0 Å². The summed E-state index contributed by atoms with van der Waals surface area (Å²) >= 11 is 0. The van der Waals surface area contributed by atoms with Gasteiger partial charge in [0.05, 0.1) is 6.42 Å². The average Bonchev–Trinajstić information content (AvgIpc) is 2.65. The third kappa shape index (κ3) is 13.6. The highest BCUT2D eigenvalue weighted by Gasteiger charge is 2.35. The van der Waals surface area contributed by atoms with Gasteiger partial charge in [-0.3, -0.25) is 9.59 Å². The van der Waals surface area contributed by atoms with E-state index in [1.54, 1.807) is 12.2 Å². The molecule has 4 heteroatoms. The Morgan fingerprint density at radius 2 is 1.07 bits per heavy atom. The Morgan fingerprint density at radius 3 is 1.43 bits per heavy atom. The van der Waals surface area contributed by atoms with Crippen molar-refractivity contribution in [2.75, 3.05) is 0 Å². The first kappa shape index (κ1) is 26.4. The highest BCUT2D eigenvalue weighted by molar-refractivity contribution is 5.85. The number of hydrogen-bond donors (Lipinski definition) is 2. The van der Waals surface area contributed by atoms with Crippen molar-refractivity contribution in [1.82, 2.24) is 0 Å². The Hall–Kier alpha value is -1.58. The van der Waals surface area contributed by atoms with Crippen LogP contribution < -0.4 is 0 Å². The number of hydrogen-bond acceptors (Lipinski definition) is 2. The summed E-state index contributed by atoms with van der Waals surface area (Å²) in [6, 6.07) is 0. The minimum absolute atomic E-state index is 0.414. The quantitative estimate of drug-likeness (QED) is 0.180. The summed E-state index contributed by atoms with van der Waals surface area (Å²) < 4.78 is 0. The first-order valence-electron chi connectivity index (χ1n) is 11.3. The predicted molar refractivity (Wildman–Crippen MR) is 117 cm³/mol. The number of carbonyl (C=O) groups is 2. The van der Waals surface area contributed by atoms with Gasteiger partial charge in [-0.1, -0.05) is 102 Å². The molecule has 0 aromatic rings. The zero-order valence-corrected chi connectivity index (χ0v) is 18.1. The maximum absolute atomic E-state index is 11.9. The van der Waals surface area contributed by atoms with Crippen LogP contribution in [0.3, 0.4) is 0 Å². The lowest BCUT2D eigenvalue weighted by atomic mass is 9.83. The van der Waals surface area contributed by atoms with Crippen LogP contribution >= 0.6 is 0 Å². The maximum Gasteiger partial charge on any atom is 0.318 e. The van der Waals surface area contributed by atoms with Crippen LogP contribution in [0, 0.1) is 5.41 Å². The molecule has 0 aromatic heterocycles. The average molecular weight is 395 g/mol. The van der Waals surface area contributed by atoms with E-state index in [1.165, 1.54) is 51.4 Å². The lowest BCUT2D eigenvalue weighted by Crippen LogP contribution is -2.29. The molecule has 0 saturated heterocycles. The van der Waals surface area contributed by atoms with E-state index in [0.29, 0.717) is 0 Å². The summed E-state index contributed by atoms with van der Waals surface area (Å²) in [6.45, 7) is 4.38. The Morgan fingerprint density at radius 1 is 0.679 bits per heavy atom. The van der Waals surface area contributed by atoms with Crippen LogP contribution in [-0.2, 0) is 9.59 Å². The minimum atomic E-state index is -1.43. The van der Waals surface area contributed by atoms with Gasteiger partial charge in [-0.2, -0.15) is 0 Å². The maximum atomic E-state index is 11.9. The Bertz CT molecular complexity index is 439. The lowest BCUT2D eigenvalue weighted by molar-refractivity contribution is -0.150. The number of carboxylic acids is 2. The van der Waals surface area contributed by atoms with E-state index in [9.17, 15) is 19.8 Å². The van der Waals surface area contributed by atoms with Crippen molar-refractivity contribution in [2.24, 2.45) is 5.41 Å². The Balaban J connectivity index is 4.58. The summed E-state index contributed by atoms with van der Waals surface area (Å²) in [6.07, 6.45) is 22.3. The lowest BCUT2D eigenvalue weighted by Gasteiger charge is -2.20. The molecule has 0 spiro atoms. The molecule has 0 aliphatic heterocycles. The molecule has 0 atom stereocenters. The van der Waals surface area contributed by atoms with Crippen molar-refractivity contribution >= 4 is 11.9 Å². The highest BCUT2D eigenvalue weighted by Crippen LogP contribution is 2.28. The van der Waals surface area contributed by atoms with Crippen molar-refractivity contribution in [3.63, 3.8) is 0 Å². The summed E-state index contributed by atoms with van der Waals surface area (Å²) in [4.78, 5) is 23.1. The van der Waals surface area contributed by atoms with Gasteiger partial charge in [-0.05, 0) is 25.7 Å². The van der Waals surface area contributed by atoms with Crippen molar-refractivity contribution < 1.29 is 19.8 Å². The number of unbranched alkanes of at least 4 members (excludes halogenated alkanes) is 12. The topological polar surface area (TPSA) is 74.6 Å². The van der Waals surface area contributed by atoms with Crippen molar-refractivity contribution in [3.8, 4) is 0 Å². The third-order valence-electron chi connectivity index (χ3n) is 5.12. The Labute approximate surface area is 172 Å². The summed E-state index contributed by atoms with van der Waals surface area (Å²) in [5.41, 5.74) is -1.43. The van der Waals surface area contributed by atoms with Crippen LogP contribution in [-0.4, -0.2) is 22.2 Å². The van der Waals surface area contributed by atoms with Crippen molar-refractivity contribution in [1.29, 1.82) is 0 Å². The van der Waals surface area contributed by atoms with Gasteiger partial charge in [0.1, 0.15) is 5.41 Å². The van der Waals surface area contributed by atoms with E-state index >= 15 is 0 Å². The molecule has 0 saturated carbocycles. The molecule has 0 rings (SSSR count). The van der Waals surface area contributed by atoms with Crippen LogP contribution in [0.15, 0.2) is 24.3 Å². The molecule has 162 valence electrons. The molecule has 28 heavy (non-hydrogen) atoms. The van der Waals surface area contributed by atoms with E-state index in [-0.39, 0.29) is 0 Å². The number of allylic oxidation sites excluding steroid dienone is 2. The highest BCUT2D eigenvalue weighted by atomic mass is 16.4. The largest absolute Gasteiger partial charge is 0.481 e. The summed E-state index contributed by atoms with van der Waals surface area (Å²) in [7, 11) is 0. The second kappa shape index (κ2) is 17.5. The Kier molecular flexibility index (Phi) is 16.5. The fourth-order valence-electron chi connectivity index (χ4n) is 3.31. The first-order chi connectivity index (χ1) is 13.5. The zero-order chi connectivity index (χ0) is 21.1. The molecule has 0 radical (unpaired) electrons. The zero-order valence-electron chi connectivity index (χ0n) is 18.1. The van der Waals surface area contributed by atoms with Crippen molar-refractivity contribution in [2.45, 2.75) is 110 Å².